The SMILES string of the molecule is Cc1c(CN2Cc3nccn3C[C@@H]2c2ccccc2)cnn1C. The molecule has 5 nitrogen and oxygen atoms in total. The summed E-state index contributed by atoms with van der Waals surface area (Å²) in [5.74, 6) is 1.14. The normalized spacial score (nSPS) is 18.1. The molecule has 118 valence electrons. The van der Waals surface area contributed by atoms with E-state index in [1.54, 1.807) is 0 Å². The molecule has 1 atom stereocenters. The molecule has 0 bridgehead atoms. The van der Waals surface area contributed by atoms with E-state index in [0.29, 0.717) is 6.04 Å². The van der Waals surface area contributed by atoms with Gasteiger partial charge in [-0.3, -0.25) is 9.58 Å². The van der Waals surface area contributed by atoms with Crippen molar-refractivity contribution in [2.75, 3.05) is 0 Å². The number of hydrogen-bond acceptors (Lipinski definition) is 3. The van der Waals surface area contributed by atoms with Crippen LogP contribution in [0, 0.1) is 6.92 Å². The van der Waals surface area contributed by atoms with Gasteiger partial charge >= 0.3 is 0 Å². The van der Waals surface area contributed by atoms with Crippen LogP contribution in [0.1, 0.15) is 28.7 Å². The molecule has 0 amide bonds. The zero-order valence-electron chi connectivity index (χ0n) is 13.6. The van der Waals surface area contributed by atoms with E-state index >= 15 is 0 Å². The molecule has 1 aliphatic heterocycles. The lowest BCUT2D eigenvalue weighted by Crippen LogP contribution is -2.36. The molecule has 1 aliphatic rings. The minimum absolute atomic E-state index is 0.359. The Balaban J connectivity index is 1.68. The molecule has 23 heavy (non-hydrogen) atoms. The average molecular weight is 307 g/mol. The van der Waals surface area contributed by atoms with Gasteiger partial charge in [0.05, 0.1) is 18.8 Å². The third-order valence-electron chi connectivity index (χ3n) is 4.85. The van der Waals surface area contributed by atoms with Gasteiger partial charge in [-0.25, -0.2) is 4.98 Å². The molecule has 0 N–H and O–H groups in total. The molecule has 0 radical (unpaired) electrons. The van der Waals surface area contributed by atoms with Crippen molar-refractivity contribution in [2.45, 2.75) is 32.6 Å². The smallest absolute Gasteiger partial charge is 0.122 e. The average Bonchev–Trinajstić information content (AvgIpc) is 3.16. The Labute approximate surface area is 136 Å². The Morgan fingerprint density at radius 3 is 2.78 bits per heavy atom. The minimum atomic E-state index is 0.359. The maximum atomic E-state index is 4.50. The molecule has 0 fully saturated rings. The molecule has 4 rings (SSSR count). The molecule has 0 unspecified atom stereocenters. The number of aryl methyl sites for hydroxylation is 1. The Morgan fingerprint density at radius 1 is 1.22 bits per heavy atom. The van der Waals surface area contributed by atoms with Crippen LogP contribution in [-0.2, 0) is 26.7 Å². The van der Waals surface area contributed by atoms with Crippen molar-refractivity contribution >= 4 is 0 Å². The highest BCUT2D eigenvalue weighted by Gasteiger charge is 2.28. The third-order valence-corrected chi connectivity index (χ3v) is 4.85. The van der Waals surface area contributed by atoms with E-state index in [4.69, 9.17) is 0 Å². The maximum absolute atomic E-state index is 4.50. The van der Waals surface area contributed by atoms with Crippen molar-refractivity contribution in [3.63, 3.8) is 0 Å². The van der Waals surface area contributed by atoms with Gasteiger partial charge in [0, 0.05) is 43.8 Å². The van der Waals surface area contributed by atoms with Gasteiger partial charge in [0.1, 0.15) is 5.82 Å². The van der Waals surface area contributed by atoms with E-state index in [9.17, 15) is 0 Å². The van der Waals surface area contributed by atoms with Gasteiger partial charge < -0.3 is 4.57 Å². The standard InChI is InChI=1S/C18H21N5/c1-14-16(10-20-21(14)2)11-23-13-18-19-8-9-22(18)12-17(23)15-6-4-3-5-7-15/h3-10,17H,11-13H2,1-2H3/t17-/m1/s1. The fourth-order valence-corrected chi connectivity index (χ4v) is 3.33. The van der Waals surface area contributed by atoms with E-state index in [0.717, 1.165) is 25.5 Å². The Bertz CT molecular complexity index is 802. The summed E-state index contributed by atoms with van der Waals surface area (Å²) in [7, 11) is 2.00. The van der Waals surface area contributed by atoms with Crippen LogP contribution in [0.5, 0.6) is 0 Å². The summed E-state index contributed by atoms with van der Waals surface area (Å²) in [6.45, 7) is 4.83. The van der Waals surface area contributed by atoms with E-state index in [1.807, 2.05) is 24.1 Å². The predicted octanol–water partition coefficient (Wildman–Crippen LogP) is 2.68. The first-order valence-corrected chi connectivity index (χ1v) is 7.99. The molecular weight excluding hydrogens is 286 g/mol. The van der Waals surface area contributed by atoms with Crippen molar-refractivity contribution < 1.29 is 0 Å². The van der Waals surface area contributed by atoms with Crippen LogP contribution in [-0.4, -0.2) is 24.2 Å². The number of imidazole rings is 1. The number of benzene rings is 1. The molecule has 3 heterocycles. The molecule has 0 saturated carbocycles. The summed E-state index contributed by atoms with van der Waals surface area (Å²) >= 11 is 0. The quantitative estimate of drug-likeness (QED) is 0.747. The Hall–Kier alpha value is -2.40. The summed E-state index contributed by atoms with van der Waals surface area (Å²) < 4.78 is 4.21. The largest absolute Gasteiger partial charge is 0.332 e. The number of aromatic nitrogens is 4. The van der Waals surface area contributed by atoms with Crippen LogP contribution in [0.4, 0.5) is 0 Å². The maximum Gasteiger partial charge on any atom is 0.122 e. The number of nitrogens with zero attached hydrogens (tertiary/aromatic N) is 5. The predicted molar refractivity (Wildman–Crippen MR) is 88.6 cm³/mol. The van der Waals surface area contributed by atoms with Crippen LogP contribution in [0.15, 0.2) is 48.9 Å². The van der Waals surface area contributed by atoms with Gasteiger partial charge in [0.2, 0.25) is 0 Å². The highest BCUT2D eigenvalue weighted by atomic mass is 15.3. The summed E-state index contributed by atoms with van der Waals surface area (Å²) in [5.41, 5.74) is 3.87. The van der Waals surface area contributed by atoms with Crippen molar-refractivity contribution in [2.24, 2.45) is 7.05 Å². The summed E-state index contributed by atoms with van der Waals surface area (Å²) in [6, 6.07) is 11.1. The minimum Gasteiger partial charge on any atom is -0.332 e. The zero-order valence-corrected chi connectivity index (χ0v) is 13.6. The second-order valence-electron chi connectivity index (χ2n) is 6.21. The molecule has 1 aromatic carbocycles. The lowest BCUT2D eigenvalue weighted by Gasteiger charge is -2.36. The molecule has 0 saturated heterocycles. The highest BCUT2D eigenvalue weighted by molar-refractivity contribution is 5.22. The summed E-state index contributed by atoms with van der Waals surface area (Å²) in [4.78, 5) is 7.01. The fraction of sp³-hybridized carbons (Fsp3) is 0.333. The fourth-order valence-electron chi connectivity index (χ4n) is 3.33. The molecule has 0 aliphatic carbocycles. The van der Waals surface area contributed by atoms with Crippen molar-refractivity contribution in [1.29, 1.82) is 0 Å². The first-order chi connectivity index (χ1) is 11.2. The second kappa shape index (κ2) is 5.66. The first kappa shape index (κ1) is 14.2. The van der Waals surface area contributed by atoms with E-state index < -0.39 is 0 Å². The van der Waals surface area contributed by atoms with Crippen LogP contribution in [0.3, 0.4) is 0 Å². The Morgan fingerprint density at radius 2 is 2.04 bits per heavy atom. The Kier molecular flexibility index (Phi) is 3.50. The van der Waals surface area contributed by atoms with E-state index in [2.05, 4.69) is 63.0 Å². The second-order valence-corrected chi connectivity index (χ2v) is 6.21. The van der Waals surface area contributed by atoms with Crippen molar-refractivity contribution in [3.8, 4) is 0 Å². The lowest BCUT2D eigenvalue weighted by atomic mass is 10.0. The molecule has 2 aromatic heterocycles. The molecule has 3 aromatic rings. The molecule has 0 spiro atoms. The topological polar surface area (TPSA) is 38.9 Å². The van der Waals surface area contributed by atoms with Crippen LogP contribution in [0.25, 0.3) is 0 Å². The van der Waals surface area contributed by atoms with Crippen molar-refractivity contribution in [3.05, 3.63) is 71.6 Å². The number of fused-ring (bicyclic) bond motifs is 1. The van der Waals surface area contributed by atoms with Gasteiger partial charge in [-0.05, 0) is 12.5 Å². The summed E-state index contributed by atoms with van der Waals surface area (Å²) in [6.07, 6.45) is 5.96. The third kappa shape index (κ3) is 2.57. The molecular formula is C18H21N5. The monoisotopic (exact) mass is 307 g/mol. The lowest BCUT2D eigenvalue weighted by molar-refractivity contribution is 0.128. The van der Waals surface area contributed by atoms with Gasteiger partial charge in [0.15, 0.2) is 0 Å². The van der Waals surface area contributed by atoms with Crippen LogP contribution < -0.4 is 0 Å². The van der Waals surface area contributed by atoms with Gasteiger partial charge in [0.25, 0.3) is 0 Å². The number of rotatable bonds is 3. The highest BCUT2D eigenvalue weighted by Crippen LogP contribution is 2.30. The van der Waals surface area contributed by atoms with Gasteiger partial charge in [-0.1, -0.05) is 30.3 Å². The number of hydrogen-bond donors (Lipinski definition) is 0. The van der Waals surface area contributed by atoms with E-state index in [1.165, 1.54) is 16.8 Å². The van der Waals surface area contributed by atoms with Crippen LogP contribution >= 0.6 is 0 Å². The van der Waals surface area contributed by atoms with Gasteiger partial charge in [-0.15, -0.1) is 0 Å². The van der Waals surface area contributed by atoms with E-state index in [-0.39, 0.29) is 0 Å². The first-order valence-electron chi connectivity index (χ1n) is 7.99. The zero-order chi connectivity index (χ0) is 15.8. The summed E-state index contributed by atoms with van der Waals surface area (Å²) in [5, 5.41) is 4.38. The van der Waals surface area contributed by atoms with Crippen LogP contribution in [0.2, 0.25) is 0 Å². The van der Waals surface area contributed by atoms with Crippen molar-refractivity contribution in [1.82, 2.24) is 24.2 Å². The molecule has 5 heteroatoms. The van der Waals surface area contributed by atoms with Gasteiger partial charge in [-0.2, -0.15) is 5.10 Å².